The Bertz CT molecular complexity index is 538. The van der Waals surface area contributed by atoms with Crippen LogP contribution in [0.25, 0.3) is 11.4 Å². The molecule has 2 aromatic heterocycles. The van der Waals surface area contributed by atoms with Crippen LogP contribution in [-0.2, 0) is 0 Å². The van der Waals surface area contributed by atoms with Gasteiger partial charge in [0.05, 0.1) is 5.56 Å². The van der Waals surface area contributed by atoms with Crippen molar-refractivity contribution in [1.29, 1.82) is 0 Å². The summed E-state index contributed by atoms with van der Waals surface area (Å²) in [7, 11) is 0. The summed E-state index contributed by atoms with van der Waals surface area (Å²) in [5, 5.41) is 10.6. The number of furan rings is 1. The molecule has 18 heavy (non-hydrogen) atoms. The minimum atomic E-state index is 0.768. The molecule has 3 heterocycles. The van der Waals surface area contributed by atoms with Crippen molar-refractivity contribution in [2.75, 3.05) is 31.1 Å². The number of anilines is 1. The van der Waals surface area contributed by atoms with Crippen molar-refractivity contribution in [3.05, 3.63) is 17.6 Å². The van der Waals surface area contributed by atoms with Gasteiger partial charge in [0.1, 0.15) is 11.5 Å². The number of H-pyrrole nitrogens is 1. The first-order chi connectivity index (χ1) is 8.74. The normalized spacial score (nSPS) is 16.2. The Morgan fingerprint density at radius 1 is 1.28 bits per heavy atom. The molecule has 0 radical (unpaired) electrons. The van der Waals surface area contributed by atoms with Crippen molar-refractivity contribution in [3.8, 4) is 11.4 Å². The van der Waals surface area contributed by atoms with Crippen LogP contribution in [0.4, 0.5) is 5.95 Å². The number of piperazine rings is 1. The summed E-state index contributed by atoms with van der Waals surface area (Å²) in [5.74, 6) is 3.31. The maximum Gasteiger partial charge on any atom is 0.245 e. The van der Waals surface area contributed by atoms with E-state index < -0.39 is 0 Å². The second-order valence-corrected chi connectivity index (χ2v) is 4.55. The molecule has 1 saturated heterocycles. The lowest BCUT2D eigenvalue weighted by Gasteiger charge is -2.25. The van der Waals surface area contributed by atoms with E-state index in [9.17, 15) is 0 Å². The first-order valence-electron chi connectivity index (χ1n) is 6.19. The smallest absolute Gasteiger partial charge is 0.245 e. The monoisotopic (exact) mass is 247 g/mol. The second kappa shape index (κ2) is 4.45. The summed E-state index contributed by atoms with van der Waals surface area (Å²) in [6, 6.07) is 1.98. The minimum absolute atomic E-state index is 0.768. The molecule has 1 fully saturated rings. The van der Waals surface area contributed by atoms with Crippen LogP contribution in [0.2, 0.25) is 0 Å². The van der Waals surface area contributed by atoms with Gasteiger partial charge in [0.15, 0.2) is 5.82 Å². The molecule has 6 heteroatoms. The van der Waals surface area contributed by atoms with Crippen molar-refractivity contribution < 1.29 is 4.42 Å². The predicted molar refractivity (Wildman–Crippen MR) is 68.6 cm³/mol. The maximum absolute atomic E-state index is 5.51. The summed E-state index contributed by atoms with van der Waals surface area (Å²) in [5.41, 5.74) is 0.987. The number of aromatic nitrogens is 3. The molecule has 0 aliphatic carbocycles. The third kappa shape index (κ3) is 1.99. The summed E-state index contributed by atoms with van der Waals surface area (Å²) in [6.07, 6.45) is 0. The molecule has 3 rings (SSSR count). The highest BCUT2D eigenvalue weighted by atomic mass is 16.3. The van der Waals surface area contributed by atoms with Crippen molar-refractivity contribution in [3.63, 3.8) is 0 Å². The van der Waals surface area contributed by atoms with Crippen LogP contribution in [0.1, 0.15) is 11.5 Å². The minimum Gasteiger partial charge on any atom is -0.466 e. The lowest BCUT2D eigenvalue weighted by Crippen LogP contribution is -2.44. The number of nitrogens with one attached hydrogen (secondary N) is 2. The van der Waals surface area contributed by atoms with Crippen LogP contribution in [0, 0.1) is 13.8 Å². The van der Waals surface area contributed by atoms with Gasteiger partial charge in [0, 0.05) is 26.2 Å². The summed E-state index contributed by atoms with van der Waals surface area (Å²) in [4.78, 5) is 6.73. The van der Waals surface area contributed by atoms with Crippen molar-refractivity contribution in [2.45, 2.75) is 13.8 Å². The quantitative estimate of drug-likeness (QED) is 0.831. The lowest BCUT2D eigenvalue weighted by molar-refractivity contribution is 0.505. The molecule has 0 aromatic carbocycles. The molecule has 0 unspecified atom stereocenters. The zero-order valence-corrected chi connectivity index (χ0v) is 10.7. The molecule has 0 saturated carbocycles. The highest BCUT2D eigenvalue weighted by Gasteiger charge is 2.17. The SMILES string of the molecule is Cc1cc(-c2nc(N3CCNCC3)n[nH]2)c(C)o1. The van der Waals surface area contributed by atoms with E-state index in [4.69, 9.17) is 4.42 Å². The van der Waals surface area contributed by atoms with E-state index in [-0.39, 0.29) is 0 Å². The summed E-state index contributed by atoms with van der Waals surface area (Å²) < 4.78 is 5.51. The summed E-state index contributed by atoms with van der Waals surface area (Å²) >= 11 is 0. The van der Waals surface area contributed by atoms with Crippen LogP contribution in [0.5, 0.6) is 0 Å². The van der Waals surface area contributed by atoms with Gasteiger partial charge >= 0.3 is 0 Å². The van der Waals surface area contributed by atoms with Crippen molar-refractivity contribution >= 4 is 5.95 Å². The van der Waals surface area contributed by atoms with E-state index in [1.807, 2.05) is 19.9 Å². The molecule has 0 bridgehead atoms. The Hall–Kier alpha value is -1.82. The van der Waals surface area contributed by atoms with Gasteiger partial charge in [0.25, 0.3) is 0 Å². The van der Waals surface area contributed by atoms with Crippen LogP contribution in [0.15, 0.2) is 10.5 Å². The van der Waals surface area contributed by atoms with Crippen LogP contribution in [0.3, 0.4) is 0 Å². The number of hydrogen-bond acceptors (Lipinski definition) is 5. The number of rotatable bonds is 2. The van der Waals surface area contributed by atoms with Gasteiger partial charge in [-0.1, -0.05) is 0 Å². The van der Waals surface area contributed by atoms with Gasteiger partial charge in [-0.2, -0.15) is 4.98 Å². The van der Waals surface area contributed by atoms with E-state index in [0.29, 0.717) is 0 Å². The molecular weight excluding hydrogens is 230 g/mol. The molecule has 2 aromatic rings. The van der Waals surface area contributed by atoms with E-state index in [1.165, 1.54) is 0 Å². The average molecular weight is 247 g/mol. The molecule has 0 amide bonds. The predicted octanol–water partition coefficient (Wildman–Crippen LogP) is 1.09. The van der Waals surface area contributed by atoms with Crippen molar-refractivity contribution in [1.82, 2.24) is 20.5 Å². The molecule has 1 aliphatic heterocycles. The third-order valence-electron chi connectivity index (χ3n) is 3.17. The zero-order chi connectivity index (χ0) is 12.5. The fourth-order valence-electron chi connectivity index (χ4n) is 2.25. The molecular formula is C12H17N5O. The van der Waals surface area contributed by atoms with Gasteiger partial charge in [-0.15, -0.1) is 5.10 Å². The van der Waals surface area contributed by atoms with Gasteiger partial charge < -0.3 is 14.6 Å². The van der Waals surface area contributed by atoms with Gasteiger partial charge in [-0.3, -0.25) is 5.10 Å². The Labute approximate surface area is 105 Å². The fourth-order valence-corrected chi connectivity index (χ4v) is 2.25. The Morgan fingerprint density at radius 2 is 2.06 bits per heavy atom. The average Bonchev–Trinajstić information content (AvgIpc) is 2.97. The second-order valence-electron chi connectivity index (χ2n) is 4.55. The number of hydrogen-bond donors (Lipinski definition) is 2. The van der Waals surface area contributed by atoms with Gasteiger partial charge in [-0.05, 0) is 19.9 Å². The van der Waals surface area contributed by atoms with Gasteiger partial charge in [-0.25, -0.2) is 0 Å². The van der Waals surface area contributed by atoms with Crippen LogP contribution < -0.4 is 10.2 Å². The van der Waals surface area contributed by atoms with E-state index in [2.05, 4.69) is 25.4 Å². The van der Waals surface area contributed by atoms with Crippen LogP contribution in [-0.4, -0.2) is 41.4 Å². The fraction of sp³-hybridized carbons (Fsp3) is 0.500. The Kier molecular flexibility index (Phi) is 2.79. The summed E-state index contributed by atoms with van der Waals surface area (Å²) in [6.45, 7) is 7.72. The molecule has 96 valence electrons. The number of aromatic amines is 1. The van der Waals surface area contributed by atoms with E-state index in [0.717, 1.165) is 55.0 Å². The zero-order valence-electron chi connectivity index (χ0n) is 10.7. The highest BCUT2D eigenvalue weighted by molar-refractivity contribution is 5.59. The largest absolute Gasteiger partial charge is 0.466 e. The number of nitrogens with zero attached hydrogens (tertiary/aromatic N) is 3. The number of aryl methyl sites for hydroxylation is 2. The highest BCUT2D eigenvalue weighted by Crippen LogP contribution is 2.24. The maximum atomic E-state index is 5.51. The van der Waals surface area contributed by atoms with Crippen LogP contribution >= 0.6 is 0 Å². The van der Waals surface area contributed by atoms with Gasteiger partial charge in [0.2, 0.25) is 5.95 Å². The lowest BCUT2D eigenvalue weighted by atomic mass is 10.2. The topological polar surface area (TPSA) is 70.0 Å². The van der Waals surface area contributed by atoms with Crippen molar-refractivity contribution in [2.24, 2.45) is 0 Å². The first kappa shape index (κ1) is 11.3. The van der Waals surface area contributed by atoms with E-state index in [1.54, 1.807) is 0 Å². The first-order valence-corrected chi connectivity index (χ1v) is 6.19. The Morgan fingerprint density at radius 3 is 2.72 bits per heavy atom. The molecule has 1 aliphatic rings. The molecule has 2 N–H and O–H groups in total. The standard InChI is InChI=1S/C12H17N5O/c1-8-7-10(9(2)18-8)11-14-12(16-15-11)17-5-3-13-4-6-17/h7,13H,3-6H2,1-2H3,(H,14,15,16). The third-order valence-corrected chi connectivity index (χ3v) is 3.17. The van der Waals surface area contributed by atoms with E-state index >= 15 is 0 Å². The molecule has 0 atom stereocenters. The molecule has 0 spiro atoms. The Balaban J connectivity index is 1.86. The molecule has 6 nitrogen and oxygen atoms in total.